The van der Waals surface area contributed by atoms with E-state index in [0.717, 1.165) is 10.0 Å². The van der Waals surface area contributed by atoms with Crippen LogP contribution in [0.25, 0.3) is 0 Å². The second-order valence-corrected chi connectivity index (χ2v) is 9.16. The van der Waals surface area contributed by atoms with Gasteiger partial charge in [-0.25, -0.2) is 5.01 Å². The number of hydrogen-bond acceptors (Lipinski definition) is 4. The van der Waals surface area contributed by atoms with Crippen molar-refractivity contribution in [1.82, 2.24) is 10.0 Å². The minimum absolute atomic E-state index is 0.0940. The van der Waals surface area contributed by atoms with Gasteiger partial charge >= 0.3 is 0 Å². The smallest absolute Gasteiger partial charge is 0.275 e. The van der Waals surface area contributed by atoms with E-state index in [-0.39, 0.29) is 16.5 Å². The number of rotatable bonds is 5. The highest BCUT2D eigenvalue weighted by Gasteiger charge is 2.54. The molecule has 4 atom stereocenters. The fraction of sp³-hybridized carbons (Fsp3) is 0.280. The topological polar surface area (TPSA) is 74.8 Å². The lowest BCUT2D eigenvalue weighted by atomic mass is 9.78. The number of carbonyl (C=O) groups excluding carboxylic acids is 4. The molecule has 8 heteroatoms. The summed E-state index contributed by atoms with van der Waals surface area (Å²) < 4.78 is 0. The van der Waals surface area contributed by atoms with Crippen molar-refractivity contribution in [1.29, 1.82) is 0 Å². The highest BCUT2D eigenvalue weighted by Crippen LogP contribution is 2.40. The minimum atomic E-state index is -1.15. The van der Waals surface area contributed by atoms with Crippen molar-refractivity contribution < 1.29 is 19.2 Å². The molecule has 1 saturated heterocycles. The Morgan fingerprint density at radius 1 is 1.03 bits per heavy atom. The van der Waals surface area contributed by atoms with Crippen molar-refractivity contribution in [2.24, 2.45) is 17.8 Å². The summed E-state index contributed by atoms with van der Waals surface area (Å²) in [7, 11) is 0. The maximum Gasteiger partial charge on any atom is 0.275 e. The molecule has 4 rings (SSSR count). The van der Waals surface area contributed by atoms with Crippen molar-refractivity contribution in [3.8, 4) is 0 Å². The predicted molar refractivity (Wildman–Crippen MR) is 125 cm³/mol. The van der Waals surface area contributed by atoms with E-state index in [1.807, 2.05) is 19.1 Å². The lowest BCUT2D eigenvalue weighted by Crippen LogP contribution is -2.56. The third-order valence-corrected chi connectivity index (χ3v) is 6.83. The Morgan fingerprint density at radius 2 is 1.70 bits per heavy atom. The van der Waals surface area contributed by atoms with Gasteiger partial charge in [-0.2, -0.15) is 5.01 Å². The van der Waals surface area contributed by atoms with Crippen LogP contribution in [-0.2, 0) is 9.59 Å². The average Bonchev–Trinajstić information content (AvgIpc) is 3.05. The third kappa shape index (κ3) is 4.09. The molecule has 1 aliphatic heterocycles. The molecule has 0 spiro atoms. The Balaban J connectivity index is 1.78. The van der Waals surface area contributed by atoms with E-state index >= 15 is 0 Å². The van der Waals surface area contributed by atoms with Crippen LogP contribution in [0.15, 0.2) is 60.7 Å². The number of allylic oxidation sites excluding steroid dienone is 2. The quantitative estimate of drug-likeness (QED) is 0.346. The van der Waals surface area contributed by atoms with Gasteiger partial charge in [-0.05, 0) is 55.7 Å². The van der Waals surface area contributed by atoms with Crippen molar-refractivity contribution in [2.45, 2.75) is 26.3 Å². The molecule has 33 heavy (non-hydrogen) atoms. The fourth-order valence-corrected chi connectivity index (χ4v) is 4.85. The summed E-state index contributed by atoms with van der Waals surface area (Å²) in [5, 5.41) is 2.44. The first kappa shape index (κ1) is 23.2. The van der Waals surface area contributed by atoms with E-state index in [4.69, 9.17) is 23.2 Å². The van der Waals surface area contributed by atoms with Crippen LogP contribution in [0.4, 0.5) is 0 Å². The molecular weight excluding hydrogens is 463 g/mol. The van der Waals surface area contributed by atoms with Gasteiger partial charge in [0.25, 0.3) is 17.7 Å². The summed E-state index contributed by atoms with van der Waals surface area (Å²) in [6, 6.07) is 11.4. The second-order valence-electron chi connectivity index (χ2n) is 8.32. The number of fused-ring (bicyclic) bond motifs is 1. The number of Topliss-reactive ketones (excluding diaryl/α,β-unsaturated/α-hetero) is 1. The van der Waals surface area contributed by atoms with Gasteiger partial charge < -0.3 is 0 Å². The Morgan fingerprint density at radius 3 is 2.33 bits per heavy atom. The van der Waals surface area contributed by atoms with E-state index < -0.39 is 41.4 Å². The number of imide groups is 1. The van der Waals surface area contributed by atoms with Gasteiger partial charge in [0.05, 0.1) is 22.4 Å². The zero-order chi connectivity index (χ0) is 23.9. The standard InChI is InChI=1S/C25H22Cl2N2O4/c1-14-6-5-8-19-21(14)25(33)29(24(19)32)28(23(31)18-7-3-4-9-20(18)27)15(2)22(30)16-10-12-17(26)13-11-16/h3-7,9-15,19,21H,8H2,1-2H3/t14-,15+,19+,21+/m1/s1. The molecule has 3 amide bonds. The molecule has 2 aromatic rings. The van der Waals surface area contributed by atoms with Crippen LogP contribution in [0.3, 0.4) is 0 Å². The first-order chi connectivity index (χ1) is 15.7. The Bertz CT molecular complexity index is 1160. The molecule has 1 aliphatic carbocycles. The van der Waals surface area contributed by atoms with E-state index in [0.29, 0.717) is 17.0 Å². The summed E-state index contributed by atoms with van der Waals surface area (Å²) in [6.45, 7) is 3.36. The molecule has 170 valence electrons. The highest BCUT2D eigenvalue weighted by atomic mass is 35.5. The summed E-state index contributed by atoms with van der Waals surface area (Å²) in [4.78, 5) is 53.8. The van der Waals surface area contributed by atoms with Gasteiger partial charge in [0, 0.05) is 10.6 Å². The number of ketones is 1. The second kappa shape index (κ2) is 9.12. The van der Waals surface area contributed by atoms with Crippen molar-refractivity contribution in [3.05, 3.63) is 81.9 Å². The molecule has 6 nitrogen and oxygen atoms in total. The zero-order valence-corrected chi connectivity index (χ0v) is 19.6. The molecule has 0 saturated carbocycles. The number of carbonyl (C=O) groups is 4. The summed E-state index contributed by atoms with van der Waals surface area (Å²) in [6.07, 6.45) is 4.19. The number of halogens is 2. The van der Waals surface area contributed by atoms with Gasteiger partial charge in [0.2, 0.25) is 0 Å². The van der Waals surface area contributed by atoms with Crippen LogP contribution in [0, 0.1) is 17.8 Å². The third-order valence-electron chi connectivity index (χ3n) is 6.25. The SMILES string of the molecule is C[C@@H]1C=CC[C@@H]2C(=O)N(N(C(=O)c3ccccc3Cl)[C@@H](C)C(=O)c3ccc(Cl)cc3)C(=O)[C@@H]12. The van der Waals surface area contributed by atoms with Crippen LogP contribution in [-0.4, -0.2) is 39.6 Å². The van der Waals surface area contributed by atoms with Gasteiger partial charge in [-0.1, -0.05) is 54.4 Å². The molecule has 2 aliphatic rings. The number of hydrazine groups is 1. The van der Waals surface area contributed by atoms with E-state index in [9.17, 15) is 19.2 Å². The molecule has 0 unspecified atom stereocenters. The van der Waals surface area contributed by atoms with Crippen LogP contribution in [0.2, 0.25) is 10.0 Å². The van der Waals surface area contributed by atoms with Crippen LogP contribution >= 0.6 is 23.2 Å². The van der Waals surface area contributed by atoms with Crippen molar-refractivity contribution in [3.63, 3.8) is 0 Å². The number of benzene rings is 2. The molecule has 0 bridgehead atoms. The maximum absolute atomic E-state index is 13.7. The van der Waals surface area contributed by atoms with Gasteiger partial charge in [0.1, 0.15) is 6.04 Å². The monoisotopic (exact) mass is 484 g/mol. The number of nitrogens with zero attached hydrogens (tertiary/aromatic N) is 2. The molecule has 0 N–H and O–H groups in total. The Kier molecular flexibility index (Phi) is 6.41. The largest absolute Gasteiger partial charge is 0.292 e. The van der Waals surface area contributed by atoms with Crippen molar-refractivity contribution >= 4 is 46.7 Å². The van der Waals surface area contributed by atoms with Gasteiger partial charge in [-0.15, -0.1) is 0 Å². The fourth-order valence-electron chi connectivity index (χ4n) is 4.51. The van der Waals surface area contributed by atoms with Gasteiger partial charge in [-0.3, -0.25) is 19.2 Å². The maximum atomic E-state index is 13.7. The molecule has 1 heterocycles. The highest BCUT2D eigenvalue weighted by molar-refractivity contribution is 6.34. The molecule has 0 aromatic heterocycles. The zero-order valence-electron chi connectivity index (χ0n) is 18.1. The minimum Gasteiger partial charge on any atom is -0.292 e. The average molecular weight is 485 g/mol. The lowest BCUT2D eigenvalue weighted by molar-refractivity contribution is -0.156. The lowest BCUT2D eigenvalue weighted by Gasteiger charge is -2.35. The van der Waals surface area contributed by atoms with Crippen molar-refractivity contribution in [2.75, 3.05) is 0 Å². The Hall–Kier alpha value is -2.96. The van der Waals surface area contributed by atoms with E-state index in [1.54, 1.807) is 36.4 Å². The first-order valence-electron chi connectivity index (χ1n) is 10.6. The molecular formula is C25H22Cl2N2O4. The molecule has 1 fully saturated rings. The first-order valence-corrected chi connectivity index (χ1v) is 11.4. The van der Waals surface area contributed by atoms with E-state index in [1.165, 1.54) is 19.1 Å². The van der Waals surface area contributed by atoms with Gasteiger partial charge in [0.15, 0.2) is 5.78 Å². The normalized spacial score (nSPS) is 22.8. The summed E-state index contributed by atoms with van der Waals surface area (Å²) in [5.41, 5.74) is 0.395. The van der Waals surface area contributed by atoms with Crippen LogP contribution < -0.4 is 0 Å². The predicted octanol–water partition coefficient (Wildman–Crippen LogP) is 4.82. The number of hydrogen-bond donors (Lipinski definition) is 0. The summed E-state index contributed by atoms with van der Waals surface area (Å²) in [5.74, 6) is -3.43. The molecule has 2 aromatic carbocycles. The Labute approximate surface area is 201 Å². The summed E-state index contributed by atoms with van der Waals surface area (Å²) >= 11 is 12.2. The van der Waals surface area contributed by atoms with Crippen LogP contribution in [0.5, 0.6) is 0 Å². The van der Waals surface area contributed by atoms with E-state index in [2.05, 4.69) is 0 Å². The molecule has 0 radical (unpaired) electrons. The number of amides is 3. The van der Waals surface area contributed by atoms with Crippen LogP contribution in [0.1, 0.15) is 41.0 Å².